The van der Waals surface area contributed by atoms with Crippen LogP contribution < -0.4 is 0 Å². The van der Waals surface area contributed by atoms with Gasteiger partial charge in [-0.25, -0.2) is 11.0 Å². The van der Waals surface area contributed by atoms with E-state index >= 15 is 0 Å². The highest BCUT2D eigenvalue weighted by molar-refractivity contribution is 5.42. The van der Waals surface area contributed by atoms with Crippen molar-refractivity contribution in [2.45, 2.75) is 38.8 Å². The molecule has 0 aromatic heterocycles. The Balaban J connectivity index is 2.64. The van der Waals surface area contributed by atoms with E-state index in [1.54, 1.807) is 6.07 Å². The minimum atomic E-state index is -0.751. The first-order valence-corrected chi connectivity index (χ1v) is 5.77. The summed E-state index contributed by atoms with van der Waals surface area (Å²) in [6.07, 6.45) is 0. The number of rotatable bonds is 1. The first kappa shape index (κ1) is 12.1. The fourth-order valence-corrected chi connectivity index (χ4v) is 2.14. The van der Waals surface area contributed by atoms with Gasteiger partial charge in [-0.15, -0.1) is 0 Å². The maximum atomic E-state index is 14.0. The van der Waals surface area contributed by atoms with E-state index in [1.807, 2.05) is 26.8 Å². The summed E-state index contributed by atoms with van der Waals surface area (Å²) >= 11 is 0. The van der Waals surface area contributed by atoms with Gasteiger partial charge in [-0.2, -0.15) is 0 Å². The van der Waals surface area contributed by atoms with E-state index < -0.39 is 5.54 Å². The van der Waals surface area contributed by atoms with Crippen LogP contribution in [0.2, 0.25) is 0 Å². The molecule has 1 aromatic carbocycles. The standard InChI is InChI=1S/C14H16FNO/c1-9(2)10-5-12-11(13(15)6-10)7-17-8-14(12,3)16-4/h5-6,9H,7-8H2,1-3H3. The second-order valence-electron chi connectivity index (χ2n) is 5.06. The molecule has 1 aliphatic rings. The Bertz CT molecular complexity index is 490. The van der Waals surface area contributed by atoms with Crippen LogP contribution in [-0.4, -0.2) is 6.61 Å². The maximum absolute atomic E-state index is 14.0. The van der Waals surface area contributed by atoms with Gasteiger partial charge in [0.15, 0.2) is 0 Å². The number of hydrogen-bond donors (Lipinski definition) is 0. The Morgan fingerprint density at radius 2 is 2.18 bits per heavy atom. The van der Waals surface area contributed by atoms with Gasteiger partial charge in [0.05, 0.1) is 6.61 Å². The van der Waals surface area contributed by atoms with Crippen LogP contribution in [0.3, 0.4) is 0 Å². The van der Waals surface area contributed by atoms with Gasteiger partial charge < -0.3 is 9.58 Å². The molecule has 0 amide bonds. The molecule has 0 aliphatic carbocycles. The monoisotopic (exact) mass is 233 g/mol. The van der Waals surface area contributed by atoms with Crippen molar-refractivity contribution in [3.8, 4) is 0 Å². The molecule has 0 fully saturated rings. The molecule has 0 N–H and O–H groups in total. The molecule has 1 aliphatic heterocycles. The zero-order chi connectivity index (χ0) is 12.6. The van der Waals surface area contributed by atoms with Gasteiger partial charge in [0.2, 0.25) is 0 Å². The van der Waals surface area contributed by atoms with Crippen LogP contribution in [0.4, 0.5) is 4.39 Å². The van der Waals surface area contributed by atoms with Gasteiger partial charge >= 0.3 is 0 Å². The second kappa shape index (κ2) is 4.12. The highest BCUT2D eigenvalue weighted by Crippen LogP contribution is 2.36. The topological polar surface area (TPSA) is 13.6 Å². The minimum absolute atomic E-state index is 0.249. The van der Waals surface area contributed by atoms with Crippen LogP contribution in [0.15, 0.2) is 12.1 Å². The molecule has 3 heteroatoms. The molecule has 2 nitrogen and oxygen atoms in total. The van der Waals surface area contributed by atoms with Crippen molar-refractivity contribution in [2.24, 2.45) is 0 Å². The molecule has 1 atom stereocenters. The van der Waals surface area contributed by atoms with Crippen molar-refractivity contribution in [3.05, 3.63) is 46.1 Å². The Hall–Kier alpha value is -1.40. The van der Waals surface area contributed by atoms with Crippen LogP contribution in [0.5, 0.6) is 0 Å². The van der Waals surface area contributed by atoms with Crippen molar-refractivity contribution in [1.29, 1.82) is 0 Å². The number of ether oxygens (including phenoxy) is 1. The van der Waals surface area contributed by atoms with Crippen molar-refractivity contribution >= 4 is 0 Å². The van der Waals surface area contributed by atoms with E-state index in [4.69, 9.17) is 11.3 Å². The lowest BCUT2D eigenvalue weighted by atomic mass is 9.84. The summed E-state index contributed by atoms with van der Waals surface area (Å²) in [5.74, 6) is 0.00778. The van der Waals surface area contributed by atoms with Crippen molar-refractivity contribution < 1.29 is 9.13 Å². The highest BCUT2D eigenvalue weighted by atomic mass is 19.1. The Morgan fingerprint density at radius 3 is 2.76 bits per heavy atom. The summed E-state index contributed by atoms with van der Waals surface area (Å²) in [7, 11) is 0. The molecule has 0 saturated carbocycles. The molecule has 90 valence electrons. The lowest BCUT2D eigenvalue weighted by molar-refractivity contribution is 0.0701. The van der Waals surface area contributed by atoms with Crippen LogP contribution in [0.25, 0.3) is 4.85 Å². The van der Waals surface area contributed by atoms with Crippen LogP contribution in [-0.2, 0) is 16.9 Å². The van der Waals surface area contributed by atoms with Gasteiger partial charge in [0.25, 0.3) is 5.54 Å². The van der Waals surface area contributed by atoms with E-state index in [9.17, 15) is 4.39 Å². The maximum Gasteiger partial charge on any atom is 0.278 e. The number of halogens is 1. The van der Waals surface area contributed by atoms with Gasteiger partial charge in [-0.05, 0) is 23.6 Å². The molecule has 1 aromatic rings. The summed E-state index contributed by atoms with van der Waals surface area (Å²) < 4.78 is 19.3. The molecule has 1 heterocycles. The summed E-state index contributed by atoms with van der Waals surface area (Å²) in [4.78, 5) is 3.62. The molecular weight excluding hydrogens is 217 g/mol. The average molecular weight is 233 g/mol. The largest absolute Gasteiger partial charge is 0.368 e. The average Bonchev–Trinajstić information content (AvgIpc) is 2.30. The SMILES string of the molecule is [C-]#[N+]C1(C)COCc2c(F)cc(C(C)C)cc21. The molecular formula is C14H16FNO. The summed E-state index contributed by atoms with van der Waals surface area (Å²) in [5.41, 5.74) is 1.53. The molecule has 1 unspecified atom stereocenters. The first-order chi connectivity index (χ1) is 7.98. The number of fused-ring (bicyclic) bond motifs is 1. The Morgan fingerprint density at radius 1 is 1.47 bits per heavy atom. The molecule has 17 heavy (non-hydrogen) atoms. The normalized spacial score (nSPS) is 23.3. The Labute approximate surface area is 101 Å². The van der Waals surface area contributed by atoms with Crippen LogP contribution >= 0.6 is 0 Å². The predicted octanol–water partition coefficient (Wildman–Crippen LogP) is 3.61. The third-order valence-corrected chi connectivity index (χ3v) is 3.34. The molecule has 0 radical (unpaired) electrons. The number of benzene rings is 1. The zero-order valence-corrected chi connectivity index (χ0v) is 10.4. The van der Waals surface area contributed by atoms with E-state index in [-0.39, 0.29) is 18.3 Å². The van der Waals surface area contributed by atoms with E-state index in [1.165, 1.54) is 0 Å². The first-order valence-electron chi connectivity index (χ1n) is 5.77. The number of hydrogen-bond acceptors (Lipinski definition) is 1. The smallest absolute Gasteiger partial charge is 0.278 e. The van der Waals surface area contributed by atoms with E-state index in [0.717, 1.165) is 11.1 Å². The van der Waals surface area contributed by atoms with E-state index in [0.29, 0.717) is 12.2 Å². The lowest BCUT2D eigenvalue weighted by Gasteiger charge is -2.27. The third kappa shape index (κ3) is 1.94. The fraction of sp³-hybridized carbons (Fsp3) is 0.500. The summed E-state index contributed by atoms with van der Waals surface area (Å²) in [6.45, 7) is 13.8. The third-order valence-electron chi connectivity index (χ3n) is 3.34. The molecule has 0 spiro atoms. The van der Waals surface area contributed by atoms with Crippen molar-refractivity contribution in [3.63, 3.8) is 0 Å². The summed E-state index contributed by atoms with van der Waals surface area (Å²) in [5, 5.41) is 0. The summed E-state index contributed by atoms with van der Waals surface area (Å²) in [6, 6.07) is 3.52. The second-order valence-corrected chi connectivity index (χ2v) is 5.06. The fourth-order valence-electron chi connectivity index (χ4n) is 2.14. The van der Waals surface area contributed by atoms with Crippen LogP contribution in [0, 0.1) is 12.4 Å². The van der Waals surface area contributed by atoms with Crippen molar-refractivity contribution in [2.75, 3.05) is 6.61 Å². The highest BCUT2D eigenvalue weighted by Gasteiger charge is 2.40. The van der Waals surface area contributed by atoms with Gasteiger partial charge in [0, 0.05) is 18.1 Å². The number of nitrogens with zero attached hydrogens (tertiary/aromatic N) is 1. The van der Waals surface area contributed by atoms with Crippen LogP contribution in [0.1, 0.15) is 43.4 Å². The van der Waals surface area contributed by atoms with Gasteiger partial charge in [0.1, 0.15) is 12.4 Å². The molecule has 2 rings (SSSR count). The van der Waals surface area contributed by atoms with Crippen molar-refractivity contribution in [1.82, 2.24) is 0 Å². The molecule has 0 saturated heterocycles. The Kier molecular flexibility index (Phi) is 2.92. The quantitative estimate of drug-likeness (QED) is 0.675. The van der Waals surface area contributed by atoms with E-state index in [2.05, 4.69) is 4.85 Å². The predicted molar refractivity (Wildman–Crippen MR) is 64.1 cm³/mol. The molecule has 0 bridgehead atoms. The lowest BCUT2D eigenvalue weighted by Crippen LogP contribution is -2.31. The zero-order valence-electron chi connectivity index (χ0n) is 10.4. The van der Waals surface area contributed by atoms with Gasteiger partial charge in [-0.3, -0.25) is 0 Å². The minimum Gasteiger partial charge on any atom is -0.368 e. The van der Waals surface area contributed by atoms with Gasteiger partial charge in [-0.1, -0.05) is 13.8 Å².